The molecule has 0 aromatic carbocycles. The van der Waals surface area contributed by atoms with Crippen molar-refractivity contribution in [3.8, 4) is 5.75 Å². The Morgan fingerprint density at radius 2 is 2.22 bits per heavy atom. The topological polar surface area (TPSA) is 63.9 Å². The van der Waals surface area contributed by atoms with Crippen molar-refractivity contribution >= 4 is 18.3 Å². The molecule has 18 heavy (non-hydrogen) atoms. The maximum Gasteiger partial charge on any atom is 0.162 e. The number of ether oxygens (including phenoxy) is 1. The number of hydrogen-bond donors (Lipinski definition) is 0. The van der Waals surface area contributed by atoms with Crippen molar-refractivity contribution in [1.29, 1.82) is 0 Å². The zero-order valence-electron chi connectivity index (χ0n) is 9.56. The molecule has 0 radical (unpaired) electrons. The van der Waals surface area contributed by atoms with Crippen LogP contribution in [0.4, 0.5) is 0 Å². The predicted molar refractivity (Wildman–Crippen MR) is 68.9 cm³/mol. The molecule has 0 amide bonds. The molecule has 1 aliphatic heterocycles. The molecule has 90 valence electrons. The van der Waals surface area contributed by atoms with Gasteiger partial charge in [-0.1, -0.05) is 6.08 Å². The molecule has 5 nitrogen and oxygen atoms in total. The maximum atomic E-state index is 11.4. The summed E-state index contributed by atoms with van der Waals surface area (Å²) in [5.74, 6) is 0.470. The lowest BCUT2D eigenvalue weighted by atomic mass is 10.2. The average molecular weight is 241 g/mol. The van der Waals surface area contributed by atoms with Crippen LogP contribution in [0.1, 0.15) is 12.0 Å². The molecule has 0 atom stereocenters. The first-order valence-electron chi connectivity index (χ1n) is 5.36. The second-order valence-corrected chi connectivity index (χ2v) is 3.43. The van der Waals surface area contributed by atoms with Crippen molar-refractivity contribution in [3.63, 3.8) is 0 Å². The molecule has 2 heterocycles. The van der Waals surface area contributed by atoms with Gasteiger partial charge in [-0.25, -0.2) is 9.98 Å². The standard InChI is InChI=1S/C13H11N3O2/c17-12-2-1-5-15-10-16-8-11-3-6-14-9-13(11)18-7-4-12/h1,3-10H,2H2. The lowest BCUT2D eigenvalue weighted by Crippen LogP contribution is -1.94. The van der Waals surface area contributed by atoms with E-state index in [1.807, 2.05) is 0 Å². The zero-order chi connectivity index (χ0) is 12.6. The van der Waals surface area contributed by atoms with Crippen molar-refractivity contribution in [2.75, 3.05) is 0 Å². The lowest BCUT2D eigenvalue weighted by Gasteiger charge is -2.02. The third-order valence-corrected chi connectivity index (χ3v) is 2.12. The Labute approximate surface area is 104 Å². The highest BCUT2D eigenvalue weighted by Gasteiger charge is 2.00. The van der Waals surface area contributed by atoms with Crippen LogP contribution in [0.3, 0.4) is 0 Å². The van der Waals surface area contributed by atoms with Gasteiger partial charge >= 0.3 is 0 Å². The predicted octanol–water partition coefficient (Wildman–Crippen LogP) is 1.91. The number of fused-ring (bicyclic) bond motifs is 1. The number of hydrogen-bond acceptors (Lipinski definition) is 5. The van der Waals surface area contributed by atoms with E-state index in [2.05, 4.69) is 15.0 Å². The van der Waals surface area contributed by atoms with Gasteiger partial charge in [0, 0.05) is 36.7 Å². The van der Waals surface area contributed by atoms with Gasteiger partial charge in [-0.3, -0.25) is 9.78 Å². The highest BCUT2D eigenvalue weighted by molar-refractivity contribution is 5.91. The summed E-state index contributed by atoms with van der Waals surface area (Å²) < 4.78 is 5.35. The van der Waals surface area contributed by atoms with Gasteiger partial charge in [-0.2, -0.15) is 0 Å². The summed E-state index contributed by atoms with van der Waals surface area (Å²) in [6.07, 6.45) is 12.4. The molecule has 0 aliphatic carbocycles. The quantitative estimate of drug-likeness (QED) is 0.697. The van der Waals surface area contributed by atoms with E-state index < -0.39 is 0 Å². The maximum absolute atomic E-state index is 11.4. The first kappa shape index (κ1) is 11.9. The van der Waals surface area contributed by atoms with Crippen LogP contribution >= 0.6 is 0 Å². The Balaban J connectivity index is 2.30. The minimum absolute atomic E-state index is 0.0629. The molecular formula is C13H11N3O2. The van der Waals surface area contributed by atoms with E-state index in [0.29, 0.717) is 5.75 Å². The third-order valence-electron chi connectivity index (χ3n) is 2.12. The fourth-order valence-corrected chi connectivity index (χ4v) is 1.27. The van der Waals surface area contributed by atoms with Gasteiger partial charge < -0.3 is 4.74 Å². The molecule has 5 heteroatoms. The van der Waals surface area contributed by atoms with Crippen LogP contribution in [0, 0.1) is 0 Å². The molecule has 0 N–H and O–H groups in total. The molecular weight excluding hydrogens is 230 g/mol. The summed E-state index contributed by atoms with van der Waals surface area (Å²) in [5.41, 5.74) is 0.761. The first-order chi connectivity index (χ1) is 8.86. The Morgan fingerprint density at radius 3 is 3.17 bits per heavy atom. The number of carbonyl (C=O) groups is 1. The molecule has 1 aliphatic rings. The summed E-state index contributed by atoms with van der Waals surface area (Å²) in [4.78, 5) is 23.3. The summed E-state index contributed by atoms with van der Waals surface area (Å²) in [7, 11) is 0. The zero-order valence-corrected chi connectivity index (χ0v) is 9.56. The minimum atomic E-state index is -0.0629. The van der Waals surface area contributed by atoms with Gasteiger partial charge in [0.05, 0.1) is 12.5 Å². The van der Waals surface area contributed by atoms with E-state index >= 15 is 0 Å². The fourth-order valence-electron chi connectivity index (χ4n) is 1.27. The molecule has 0 saturated carbocycles. The average Bonchev–Trinajstić information content (AvgIpc) is 2.40. The van der Waals surface area contributed by atoms with Gasteiger partial charge in [0.2, 0.25) is 0 Å². The molecule has 0 unspecified atom stereocenters. The number of aliphatic imine (C=N–C) groups is 2. The first-order valence-corrected chi connectivity index (χ1v) is 5.36. The van der Waals surface area contributed by atoms with Crippen LogP contribution in [0.25, 0.3) is 0 Å². The van der Waals surface area contributed by atoms with E-state index in [-0.39, 0.29) is 12.2 Å². The fraction of sp³-hybridized carbons (Fsp3) is 0.0769. The smallest absolute Gasteiger partial charge is 0.162 e. The van der Waals surface area contributed by atoms with Gasteiger partial charge in [0.25, 0.3) is 0 Å². The lowest BCUT2D eigenvalue weighted by molar-refractivity contribution is -0.113. The number of allylic oxidation sites excluding steroid dienone is 2. The van der Waals surface area contributed by atoms with Gasteiger partial charge in [0.15, 0.2) is 11.5 Å². The molecule has 0 fully saturated rings. The van der Waals surface area contributed by atoms with Crippen LogP contribution in [-0.2, 0) is 4.79 Å². The van der Waals surface area contributed by atoms with Crippen LogP contribution < -0.4 is 4.74 Å². The third kappa shape index (κ3) is 3.48. The number of nitrogens with zero attached hydrogens (tertiary/aromatic N) is 3. The molecule has 0 spiro atoms. The van der Waals surface area contributed by atoms with E-state index in [0.717, 1.165) is 5.56 Å². The Hall–Kier alpha value is -2.56. The van der Waals surface area contributed by atoms with Crippen molar-refractivity contribution < 1.29 is 9.53 Å². The number of rotatable bonds is 0. The van der Waals surface area contributed by atoms with Gasteiger partial charge in [-0.15, -0.1) is 0 Å². The Bertz CT molecular complexity index is 545. The minimum Gasteiger partial charge on any atom is -0.463 e. The SMILES string of the molecule is O=C1C=COc2cnccc2C=NC=NC=CC1. The highest BCUT2D eigenvalue weighted by Crippen LogP contribution is 2.14. The van der Waals surface area contributed by atoms with Crippen molar-refractivity contribution in [2.24, 2.45) is 9.98 Å². The summed E-state index contributed by atoms with van der Waals surface area (Å²) >= 11 is 0. The van der Waals surface area contributed by atoms with Crippen LogP contribution in [0.15, 0.2) is 53.1 Å². The summed E-state index contributed by atoms with van der Waals surface area (Å²) in [6, 6.07) is 1.76. The van der Waals surface area contributed by atoms with E-state index in [9.17, 15) is 4.79 Å². The molecule has 1 aromatic rings. The van der Waals surface area contributed by atoms with E-state index in [1.165, 1.54) is 24.9 Å². The van der Waals surface area contributed by atoms with Crippen molar-refractivity contribution in [1.82, 2.24) is 4.98 Å². The summed E-state index contributed by atoms with van der Waals surface area (Å²) in [6.45, 7) is 0. The van der Waals surface area contributed by atoms with E-state index in [4.69, 9.17) is 4.74 Å². The van der Waals surface area contributed by atoms with Crippen LogP contribution in [0.2, 0.25) is 0 Å². The van der Waals surface area contributed by atoms with Crippen LogP contribution in [0.5, 0.6) is 5.75 Å². The van der Waals surface area contributed by atoms with Gasteiger partial charge in [0.1, 0.15) is 6.34 Å². The van der Waals surface area contributed by atoms with Crippen molar-refractivity contribution in [3.05, 3.63) is 48.6 Å². The molecule has 2 rings (SSSR count). The number of aromatic nitrogens is 1. The highest BCUT2D eigenvalue weighted by atomic mass is 16.5. The number of carbonyl (C=O) groups excluding carboxylic acids is 1. The second kappa shape index (κ2) is 6.24. The molecule has 1 aromatic heterocycles. The van der Waals surface area contributed by atoms with Gasteiger partial charge in [-0.05, 0) is 6.07 Å². The van der Waals surface area contributed by atoms with Crippen LogP contribution in [-0.4, -0.2) is 23.3 Å². The Kier molecular flexibility index (Phi) is 4.13. The molecule has 0 saturated heterocycles. The second-order valence-electron chi connectivity index (χ2n) is 3.43. The monoisotopic (exact) mass is 241 g/mol. The molecule has 0 bridgehead atoms. The largest absolute Gasteiger partial charge is 0.463 e. The Morgan fingerprint density at radius 1 is 1.28 bits per heavy atom. The summed E-state index contributed by atoms with van der Waals surface area (Å²) in [5, 5.41) is 0. The number of ketones is 1. The number of pyridine rings is 1. The van der Waals surface area contributed by atoms with Crippen molar-refractivity contribution in [2.45, 2.75) is 6.42 Å². The normalized spacial score (nSPS) is 15.2. The van der Waals surface area contributed by atoms with E-state index in [1.54, 1.807) is 30.8 Å².